The number of aryl methyl sites for hydroxylation is 1. The van der Waals surface area contributed by atoms with Crippen molar-refractivity contribution in [2.24, 2.45) is 0 Å². The molecule has 0 radical (unpaired) electrons. The van der Waals surface area contributed by atoms with Gasteiger partial charge in [0.25, 0.3) is 0 Å². The van der Waals surface area contributed by atoms with Crippen LogP contribution in [0.4, 0.5) is 0 Å². The number of aliphatic hydroxyl groups is 1. The van der Waals surface area contributed by atoms with E-state index in [1.54, 1.807) is 0 Å². The third-order valence-corrected chi connectivity index (χ3v) is 3.22. The van der Waals surface area contributed by atoms with Crippen LogP contribution in [0, 0.1) is 0 Å². The van der Waals surface area contributed by atoms with E-state index in [1.807, 2.05) is 52.0 Å². The molecule has 0 aromatic heterocycles. The molecule has 0 bridgehead atoms. The minimum absolute atomic E-state index is 0. The molecule has 0 saturated heterocycles. The molecule has 0 fully saturated rings. The molecule has 0 aliphatic heterocycles. The smallest absolute Gasteiger partial charge is 0.220 e. The van der Waals surface area contributed by atoms with Gasteiger partial charge in [-0.05, 0) is 38.0 Å². The predicted octanol–water partition coefficient (Wildman–Crippen LogP) is 2.30. The van der Waals surface area contributed by atoms with Crippen LogP contribution in [0.5, 0.6) is 5.75 Å². The largest absolute Gasteiger partial charge is 0.491 e. The second kappa shape index (κ2) is 12.1. The molecule has 0 heterocycles. The van der Waals surface area contributed by atoms with E-state index in [2.05, 4.69) is 10.6 Å². The summed E-state index contributed by atoms with van der Waals surface area (Å²) in [5.41, 5.74) is 1.10. The molecule has 138 valence electrons. The van der Waals surface area contributed by atoms with E-state index in [1.165, 1.54) is 0 Å². The minimum Gasteiger partial charge on any atom is -0.491 e. The van der Waals surface area contributed by atoms with Crippen molar-refractivity contribution in [2.45, 2.75) is 58.7 Å². The number of hydrogen-bond acceptors (Lipinski definition) is 4. The fourth-order valence-electron chi connectivity index (χ4n) is 2.03. The van der Waals surface area contributed by atoms with Gasteiger partial charge in [0.1, 0.15) is 18.5 Å². The number of amides is 1. The SMILES string of the molecule is CC(C)NCC(O)COc1ccc(CCC(=O)NC(C)C)cc1.Cl. The maximum Gasteiger partial charge on any atom is 0.220 e. The topological polar surface area (TPSA) is 70.6 Å². The zero-order chi connectivity index (χ0) is 17.2. The van der Waals surface area contributed by atoms with Crippen molar-refractivity contribution in [3.05, 3.63) is 29.8 Å². The van der Waals surface area contributed by atoms with E-state index in [4.69, 9.17) is 4.74 Å². The standard InChI is InChI=1S/C18H30N2O3.ClH/c1-13(2)19-11-16(21)12-23-17-8-5-15(6-9-17)7-10-18(22)20-14(3)4;/h5-6,8-9,13-14,16,19,21H,7,10-12H2,1-4H3,(H,20,22);1H. The van der Waals surface area contributed by atoms with E-state index in [0.717, 1.165) is 11.3 Å². The number of nitrogens with one attached hydrogen (secondary N) is 2. The molecule has 0 aliphatic carbocycles. The summed E-state index contributed by atoms with van der Waals surface area (Å²) in [4.78, 5) is 11.6. The summed E-state index contributed by atoms with van der Waals surface area (Å²) in [7, 11) is 0. The summed E-state index contributed by atoms with van der Waals surface area (Å²) in [6.45, 7) is 8.75. The van der Waals surface area contributed by atoms with Gasteiger partial charge in [0.2, 0.25) is 5.91 Å². The van der Waals surface area contributed by atoms with Gasteiger partial charge in [-0.15, -0.1) is 12.4 Å². The van der Waals surface area contributed by atoms with Gasteiger partial charge in [0, 0.05) is 25.0 Å². The monoisotopic (exact) mass is 358 g/mol. The molecule has 1 unspecified atom stereocenters. The third-order valence-electron chi connectivity index (χ3n) is 3.22. The van der Waals surface area contributed by atoms with Crippen molar-refractivity contribution in [1.82, 2.24) is 10.6 Å². The Morgan fingerprint density at radius 1 is 1.12 bits per heavy atom. The molecule has 0 spiro atoms. The molecule has 1 amide bonds. The molecule has 0 saturated carbocycles. The molecule has 1 aromatic rings. The zero-order valence-corrected chi connectivity index (χ0v) is 15.9. The van der Waals surface area contributed by atoms with Crippen LogP contribution >= 0.6 is 12.4 Å². The summed E-state index contributed by atoms with van der Waals surface area (Å²) in [6, 6.07) is 8.18. The van der Waals surface area contributed by atoms with Crippen molar-refractivity contribution < 1.29 is 14.6 Å². The van der Waals surface area contributed by atoms with Crippen molar-refractivity contribution in [3.63, 3.8) is 0 Å². The number of carbonyl (C=O) groups is 1. The van der Waals surface area contributed by atoms with Crippen molar-refractivity contribution >= 4 is 18.3 Å². The maximum absolute atomic E-state index is 11.6. The molecular formula is C18H31ClN2O3. The van der Waals surface area contributed by atoms with Gasteiger partial charge in [-0.2, -0.15) is 0 Å². The first-order chi connectivity index (χ1) is 10.9. The first kappa shape index (κ1) is 22.7. The van der Waals surface area contributed by atoms with Gasteiger partial charge in [-0.1, -0.05) is 26.0 Å². The van der Waals surface area contributed by atoms with E-state index < -0.39 is 6.10 Å². The van der Waals surface area contributed by atoms with Crippen LogP contribution in [0.2, 0.25) is 0 Å². The predicted molar refractivity (Wildman–Crippen MR) is 99.9 cm³/mol. The Balaban J connectivity index is 0.00000529. The Morgan fingerprint density at radius 2 is 1.75 bits per heavy atom. The Bertz CT molecular complexity index is 464. The van der Waals surface area contributed by atoms with Crippen LogP contribution in [0.1, 0.15) is 39.7 Å². The Kier molecular flexibility index (Phi) is 11.5. The quantitative estimate of drug-likeness (QED) is 0.600. The van der Waals surface area contributed by atoms with Crippen molar-refractivity contribution in [3.8, 4) is 5.75 Å². The van der Waals surface area contributed by atoms with E-state index in [0.29, 0.717) is 25.4 Å². The van der Waals surface area contributed by atoms with Gasteiger partial charge in [0.05, 0.1) is 0 Å². The summed E-state index contributed by atoms with van der Waals surface area (Å²) in [5.74, 6) is 0.796. The van der Waals surface area contributed by atoms with E-state index in [9.17, 15) is 9.90 Å². The fourth-order valence-corrected chi connectivity index (χ4v) is 2.03. The number of hydrogen-bond donors (Lipinski definition) is 3. The van der Waals surface area contributed by atoms with Gasteiger partial charge < -0.3 is 20.5 Å². The fraction of sp³-hybridized carbons (Fsp3) is 0.611. The summed E-state index contributed by atoms with van der Waals surface area (Å²) in [6.07, 6.45) is 0.661. The summed E-state index contributed by atoms with van der Waals surface area (Å²) in [5, 5.41) is 15.8. The van der Waals surface area contributed by atoms with Crippen LogP contribution in [-0.2, 0) is 11.2 Å². The highest BCUT2D eigenvalue weighted by Crippen LogP contribution is 2.13. The molecule has 24 heavy (non-hydrogen) atoms. The van der Waals surface area contributed by atoms with Crippen LogP contribution in [0.15, 0.2) is 24.3 Å². The number of halogens is 1. The highest BCUT2D eigenvalue weighted by Gasteiger charge is 2.07. The number of ether oxygens (including phenoxy) is 1. The Hall–Kier alpha value is -1.30. The van der Waals surface area contributed by atoms with Gasteiger partial charge >= 0.3 is 0 Å². The molecule has 1 rings (SSSR count). The van der Waals surface area contributed by atoms with Gasteiger partial charge in [0.15, 0.2) is 0 Å². The summed E-state index contributed by atoms with van der Waals surface area (Å²) < 4.78 is 5.56. The Labute approximate surface area is 151 Å². The maximum atomic E-state index is 11.6. The lowest BCUT2D eigenvalue weighted by Crippen LogP contribution is -2.35. The third kappa shape index (κ3) is 10.5. The summed E-state index contributed by atoms with van der Waals surface area (Å²) >= 11 is 0. The molecule has 5 nitrogen and oxygen atoms in total. The van der Waals surface area contributed by atoms with Gasteiger partial charge in [-0.3, -0.25) is 4.79 Å². The molecule has 1 aromatic carbocycles. The van der Waals surface area contributed by atoms with E-state index in [-0.39, 0.29) is 31.0 Å². The number of carbonyl (C=O) groups excluding carboxylic acids is 1. The normalized spacial score (nSPS) is 12.0. The number of aliphatic hydroxyl groups excluding tert-OH is 1. The van der Waals surface area contributed by atoms with E-state index >= 15 is 0 Å². The highest BCUT2D eigenvalue weighted by molar-refractivity contribution is 5.85. The number of benzene rings is 1. The average Bonchev–Trinajstić information content (AvgIpc) is 2.49. The Morgan fingerprint density at radius 3 is 2.29 bits per heavy atom. The molecule has 0 aliphatic rings. The lowest BCUT2D eigenvalue weighted by molar-refractivity contribution is -0.121. The van der Waals surface area contributed by atoms with Crippen LogP contribution in [0.25, 0.3) is 0 Å². The lowest BCUT2D eigenvalue weighted by atomic mass is 10.1. The molecule has 6 heteroatoms. The number of rotatable bonds is 10. The van der Waals surface area contributed by atoms with Crippen LogP contribution in [0.3, 0.4) is 0 Å². The molecule has 1 atom stereocenters. The second-order valence-electron chi connectivity index (χ2n) is 6.39. The van der Waals surface area contributed by atoms with Crippen molar-refractivity contribution in [2.75, 3.05) is 13.2 Å². The minimum atomic E-state index is -0.531. The first-order valence-electron chi connectivity index (χ1n) is 8.29. The lowest BCUT2D eigenvalue weighted by Gasteiger charge is -2.15. The van der Waals surface area contributed by atoms with Gasteiger partial charge in [-0.25, -0.2) is 0 Å². The van der Waals surface area contributed by atoms with Crippen molar-refractivity contribution in [1.29, 1.82) is 0 Å². The molecular weight excluding hydrogens is 328 g/mol. The van der Waals surface area contributed by atoms with Crippen LogP contribution in [-0.4, -0.2) is 42.4 Å². The second-order valence-corrected chi connectivity index (χ2v) is 6.39. The highest BCUT2D eigenvalue weighted by atomic mass is 35.5. The molecule has 3 N–H and O–H groups in total. The average molecular weight is 359 g/mol. The first-order valence-corrected chi connectivity index (χ1v) is 8.29. The van der Waals surface area contributed by atoms with Crippen LogP contribution < -0.4 is 15.4 Å². The zero-order valence-electron chi connectivity index (χ0n) is 15.0.